The Hall–Kier alpha value is -1.25. The summed E-state index contributed by atoms with van der Waals surface area (Å²) in [6.45, 7) is 2.80. The van der Waals surface area contributed by atoms with Crippen LogP contribution in [-0.2, 0) is 0 Å². The first-order valence-electron chi connectivity index (χ1n) is 5.78. The summed E-state index contributed by atoms with van der Waals surface area (Å²) in [6.07, 6.45) is 0. The van der Waals surface area contributed by atoms with Crippen LogP contribution in [0.4, 0.5) is 0 Å². The fourth-order valence-electron chi connectivity index (χ4n) is 1.76. The lowest BCUT2D eigenvalue weighted by atomic mass is 10.1. The smallest absolute Gasteiger partial charge is 0.0466 e. The van der Waals surface area contributed by atoms with Crippen LogP contribution in [0.2, 0.25) is 0 Å². The van der Waals surface area contributed by atoms with Gasteiger partial charge in [0.2, 0.25) is 0 Å². The Balaban J connectivity index is 2.19. The van der Waals surface area contributed by atoms with E-state index in [9.17, 15) is 0 Å². The van der Waals surface area contributed by atoms with Gasteiger partial charge in [-0.05, 0) is 24.1 Å². The van der Waals surface area contributed by atoms with Crippen molar-refractivity contribution in [2.45, 2.75) is 17.1 Å². The quantitative estimate of drug-likeness (QED) is 0.827. The van der Waals surface area contributed by atoms with Gasteiger partial charge in [-0.1, -0.05) is 48.5 Å². The zero-order chi connectivity index (χ0) is 12.1. The van der Waals surface area contributed by atoms with Crippen molar-refractivity contribution in [3.8, 4) is 0 Å². The SMILES string of the molecule is Cc1ccccc1SC(CN)c1ccccc1. The highest BCUT2D eigenvalue weighted by atomic mass is 32.2. The van der Waals surface area contributed by atoms with E-state index in [1.54, 1.807) is 0 Å². The molecule has 0 saturated carbocycles. The Morgan fingerprint density at radius 3 is 2.29 bits per heavy atom. The molecule has 0 aliphatic heterocycles. The van der Waals surface area contributed by atoms with Gasteiger partial charge in [0, 0.05) is 16.7 Å². The molecule has 1 nitrogen and oxygen atoms in total. The normalized spacial score (nSPS) is 12.4. The van der Waals surface area contributed by atoms with Crippen LogP contribution in [0.5, 0.6) is 0 Å². The maximum Gasteiger partial charge on any atom is 0.0466 e. The standard InChI is InChI=1S/C15H17NS/c1-12-7-5-6-10-14(12)17-15(11-16)13-8-3-2-4-9-13/h2-10,15H,11,16H2,1H3. The Bertz CT molecular complexity index is 467. The minimum Gasteiger partial charge on any atom is -0.329 e. The molecule has 2 heteroatoms. The third-order valence-electron chi connectivity index (χ3n) is 2.75. The molecular formula is C15H17NS. The molecule has 0 saturated heterocycles. The number of hydrogen-bond acceptors (Lipinski definition) is 2. The second kappa shape index (κ2) is 5.89. The maximum atomic E-state index is 5.88. The van der Waals surface area contributed by atoms with Gasteiger partial charge in [0.25, 0.3) is 0 Å². The first-order chi connectivity index (χ1) is 8.31. The molecular weight excluding hydrogens is 226 g/mol. The van der Waals surface area contributed by atoms with Gasteiger partial charge >= 0.3 is 0 Å². The lowest BCUT2D eigenvalue weighted by Gasteiger charge is -2.16. The summed E-state index contributed by atoms with van der Waals surface area (Å²) in [6, 6.07) is 18.9. The molecule has 1 atom stereocenters. The van der Waals surface area contributed by atoms with E-state index in [1.165, 1.54) is 16.0 Å². The van der Waals surface area contributed by atoms with Crippen molar-refractivity contribution in [2.24, 2.45) is 5.73 Å². The molecule has 88 valence electrons. The van der Waals surface area contributed by atoms with Crippen LogP contribution in [0.1, 0.15) is 16.4 Å². The van der Waals surface area contributed by atoms with E-state index < -0.39 is 0 Å². The molecule has 0 aliphatic rings. The highest BCUT2D eigenvalue weighted by Crippen LogP contribution is 2.35. The van der Waals surface area contributed by atoms with Crippen LogP contribution in [-0.4, -0.2) is 6.54 Å². The predicted octanol–water partition coefficient (Wildman–Crippen LogP) is 3.79. The lowest BCUT2D eigenvalue weighted by Crippen LogP contribution is -2.09. The monoisotopic (exact) mass is 243 g/mol. The van der Waals surface area contributed by atoms with Crippen LogP contribution in [0.3, 0.4) is 0 Å². The topological polar surface area (TPSA) is 26.0 Å². The zero-order valence-electron chi connectivity index (χ0n) is 9.97. The molecule has 0 amide bonds. The lowest BCUT2D eigenvalue weighted by molar-refractivity contribution is 0.940. The molecule has 0 bridgehead atoms. The second-order valence-electron chi connectivity index (χ2n) is 4.02. The van der Waals surface area contributed by atoms with E-state index in [2.05, 4.69) is 55.5 Å². The van der Waals surface area contributed by atoms with Gasteiger partial charge in [-0.2, -0.15) is 0 Å². The van der Waals surface area contributed by atoms with Gasteiger partial charge in [-0.25, -0.2) is 0 Å². The first-order valence-corrected chi connectivity index (χ1v) is 6.66. The molecule has 0 aromatic heterocycles. The molecule has 2 aromatic rings. The number of aryl methyl sites for hydroxylation is 1. The highest BCUT2D eigenvalue weighted by Gasteiger charge is 2.11. The minimum atomic E-state index is 0.331. The molecule has 2 aromatic carbocycles. The fraction of sp³-hybridized carbons (Fsp3) is 0.200. The van der Waals surface area contributed by atoms with E-state index in [0.29, 0.717) is 11.8 Å². The van der Waals surface area contributed by atoms with Crippen molar-refractivity contribution in [2.75, 3.05) is 6.54 Å². The summed E-state index contributed by atoms with van der Waals surface area (Å²) < 4.78 is 0. The minimum absolute atomic E-state index is 0.331. The molecule has 0 radical (unpaired) electrons. The van der Waals surface area contributed by atoms with Gasteiger partial charge in [-0.15, -0.1) is 11.8 Å². The molecule has 0 aliphatic carbocycles. The molecule has 2 rings (SSSR count). The summed E-state index contributed by atoms with van der Waals surface area (Å²) in [5.74, 6) is 0. The molecule has 0 fully saturated rings. The Kier molecular flexibility index (Phi) is 4.24. The molecule has 17 heavy (non-hydrogen) atoms. The van der Waals surface area contributed by atoms with E-state index in [4.69, 9.17) is 5.73 Å². The van der Waals surface area contributed by atoms with Crippen molar-refractivity contribution < 1.29 is 0 Å². The molecule has 1 unspecified atom stereocenters. The average Bonchev–Trinajstić information content (AvgIpc) is 2.39. The summed E-state index contributed by atoms with van der Waals surface area (Å²) in [7, 11) is 0. The van der Waals surface area contributed by atoms with Crippen molar-refractivity contribution in [3.63, 3.8) is 0 Å². The van der Waals surface area contributed by atoms with Crippen molar-refractivity contribution in [1.29, 1.82) is 0 Å². The summed E-state index contributed by atoms with van der Waals surface area (Å²) in [5.41, 5.74) is 8.49. The summed E-state index contributed by atoms with van der Waals surface area (Å²) in [5, 5.41) is 0.331. The van der Waals surface area contributed by atoms with Crippen molar-refractivity contribution in [3.05, 3.63) is 65.7 Å². The van der Waals surface area contributed by atoms with Gasteiger partial charge < -0.3 is 5.73 Å². The number of nitrogens with two attached hydrogens (primary N) is 1. The molecule has 0 heterocycles. The Morgan fingerprint density at radius 2 is 1.65 bits per heavy atom. The number of hydrogen-bond donors (Lipinski definition) is 1. The maximum absolute atomic E-state index is 5.88. The Labute approximate surface area is 107 Å². The van der Waals surface area contributed by atoms with Gasteiger partial charge in [0.15, 0.2) is 0 Å². The third kappa shape index (κ3) is 3.11. The second-order valence-corrected chi connectivity index (χ2v) is 5.26. The number of thioether (sulfide) groups is 1. The van der Waals surface area contributed by atoms with Crippen LogP contribution in [0.15, 0.2) is 59.5 Å². The third-order valence-corrected chi connectivity index (χ3v) is 4.21. The van der Waals surface area contributed by atoms with Gasteiger partial charge in [-0.3, -0.25) is 0 Å². The van der Waals surface area contributed by atoms with E-state index in [-0.39, 0.29) is 0 Å². The molecule has 2 N–H and O–H groups in total. The molecule has 0 spiro atoms. The van der Waals surface area contributed by atoms with Crippen LogP contribution >= 0.6 is 11.8 Å². The zero-order valence-corrected chi connectivity index (χ0v) is 10.8. The average molecular weight is 243 g/mol. The summed E-state index contributed by atoms with van der Waals surface area (Å²) in [4.78, 5) is 1.31. The van der Waals surface area contributed by atoms with E-state index in [1.807, 2.05) is 17.8 Å². The number of rotatable bonds is 4. The van der Waals surface area contributed by atoms with E-state index >= 15 is 0 Å². The Morgan fingerprint density at radius 1 is 1.00 bits per heavy atom. The first kappa shape index (κ1) is 12.2. The van der Waals surface area contributed by atoms with Crippen LogP contribution in [0, 0.1) is 6.92 Å². The van der Waals surface area contributed by atoms with Crippen LogP contribution in [0.25, 0.3) is 0 Å². The van der Waals surface area contributed by atoms with Crippen molar-refractivity contribution >= 4 is 11.8 Å². The van der Waals surface area contributed by atoms with Gasteiger partial charge in [0.05, 0.1) is 0 Å². The van der Waals surface area contributed by atoms with Crippen molar-refractivity contribution in [1.82, 2.24) is 0 Å². The highest BCUT2D eigenvalue weighted by molar-refractivity contribution is 7.99. The number of benzene rings is 2. The summed E-state index contributed by atoms with van der Waals surface area (Å²) >= 11 is 1.84. The predicted molar refractivity (Wildman–Crippen MR) is 75.3 cm³/mol. The largest absolute Gasteiger partial charge is 0.329 e. The van der Waals surface area contributed by atoms with E-state index in [0.717, 1.165) is 0 Å². The van der Waals surface area contributed by atoms with Crippen LogP contribution < -0.4 is 5.73 Å². The van der Waals surface area contributed by atoms with Gasteiger partial charge in [0.1, 0.15) is 0 Å². The fourth-order valence-corrected chi connectivity index (χ4v) is 2.87.